The molecule has 100 valence electrons. The van der Waals surface area contributed by atoms with E-state index in [1.807, 2.05) is 0 Å². The van der Waals surface area contributed by atoms with Gasteiger partial charge in [0.15, 0.2) is 0 Å². The minimum absolute atomic E-state index is 0.348. The lowest BCUT2D eigenvalue weighted by Gasteiger charge is -2.33. The zero-order chi connectivity index (χ0) is 12.8. The van der Waals surface area contributed by atoms with Crippen LogP contribution in [0.4, 0.5) is 0 Å². The van der Waals surface area contributed by atoms with E-state index in [4.69, 9.17) is 0 Å². The maximum atomic E-state index is 12.5. The van der Waals surface area contributed by atoms with E-state index in [1.165, 1.54) is 19.3 Å². The molecule has 0 heterocycles. The molecular weight excluding hydrogens is 208 g/mol. The Morgan fingerprint density at radius 3 is 2.41 bits per heavy atom. The fourth-order valence-electron chi connectivity index (χ4n) is 3.14. The van der Waals surface area contributed by atoms with Crippen molar-refractivity contribution in [1.29, 1.82) is 0 Å². The van der Waals surface area contributed by atoms with E-state index in [9.17, 15) is 4.79 Å². The third-order valence-corrected chi connectivity index (χ3v) is 4.80. The van der Waals surface area contributed by atoms with Crippen LogP contribution >= 0.6 is 0 Å². The van der Waals surface area contributed by atoms with Gasteiger partial charge in [0.1, 0.15) is 5.78 Å². The molecule has 1 nitrogen and oxygen atoms in total. The van der Waals surface area contributed by atoms with Crippen LogP contribution in [-0.2, 0) is 4.79 Å². The Morgan fingerprint density at radius 1 is 1.18 bits per heavy atom. The molecule has 0 spiro atoms. The first-order valence-electron chi connectivity index (χ1n) is 7.63. The van der Waals surface area contributed by atoms with E-state index in [0.29, 0.717) is 17.6 Å². The summed E-state index contributed by atoms with van der Waals surface area (Å²) in [5, 5.41) is 0. The molecular formula is C16H30O. The van der Waals surface area contributed by atoms with Crippen molar-refractivity contribution in [3.63, 3.8) is 0 Å². The lowest BCUT2D eigenvalue weighted by molar-refractivity contribution is -0.129. The van der Waals surface area contributed by atoms with E-state index < -0.39 is 0 Å². The summed E-state index contributed by atoms with van der Waals surface area (Å²) in [7, 11) is 0. The Kier molecular flexibility index (Phi) is 6.22. The van der Waals surface area contributed by atoms with E-state index in [2.05, 4.69) is 27.7 Å². The highest BCUT2D eigenvalue weighted by Gasteiger charge is 2.31. The summed E-state index contributed by atoms with van der Waals surface area (Å²) in [6.07, 6.45) is 8.12. The maximum Gasteiger partial charge on any atom is 0.139 e. The quantitative estimate of drug-likeness (QED) is 0.647. The highest BCUT2D eigenvalue weighted by molar-refractivity contribution is 5.83. The fraction of sp³-hybridized carbons (Fsp3) is 0.938. The van der Waals surface area contributed by atoms with Gasteiger partial charge in [-0.2, -0.15) is 0 Å². The van der Waals surface area contributed by atoms with Crippen LogP contribution < -0.4 is 0 Å². The molecule has 0 bridgehead atoms. The Bertz CT molecular complexity index is 234. The summed E-state index contributed by atoms with van der Waals surface area (Å²) in [5.41, 5.74) is 0. The van der Waals surface area contributed by atoms with Crippen molar-refractivity contribution in [2.24, 2.45) is 23.7 Å². The summed E-state index contributed by atoms with van der Waals surface area (Å²) in [5.74, 6) is 2.86. The standard InChI is InChI=1S/C16H30O/c1-5-7-8-14(6-2)16(17)15-10-9-12(3)13(4)11-15/h12-15H,5-11H2,1-4H3. The molecule has 4 atom stereocenters. The molecule has 0 aromatic heterocycles. The SMILES string of the molecule is CCCCC(CC)C(=O)C1CCC(C)C(C)C1. The van der Waals surface area contributed by atoms with Gasteiger partial charge in [-0.25, -0.2) is 0 Å². The van der Waals surface area contributed by atoms with E-state index in [1.54, 1.807) is 0 Å². The lowest BCUT2D eigenvalue weighted by atomic mass is 9.71. The van der Waals surface area contributed by atoms with E-state index in [-0.39, 0.29) is 0 Å². The topological polar surface area (TPSA) is 17.1 Å². The highest BCUT2D eigenvalue weighted by Crippen LogP contribution is 2.36. The van der Waals surface area contributed by atoms with Crippen LogP contribution in [0.5, 0.6) is 0 Å². The highest BCUT2D eigenvalue weighted by atomic mass is 16.1. The van der Waals surface area contributed by atoms with Crippen LogP contribution in [0.2, 0.25) is 0 Å². The molecule has 4 unspecified atom stereocenters. The number of ketones is 1. The molecule has 0 N–H and O–H groups in total. The van der Waals surface area contributed by atoms with Crippen molar-refractivity contribution >= 4 is 5.78 Å². The second-order valence-corrected chi connectivity index (χ2v) is 6.11. The van der Waals surface area contributed by atoms with Gasteiger partial charge >= 0.3 is 0 Å². The Morgan fingerprint density at radius 2 is 1.88 bits per heavy atom. The Balaban J connectivity index is 2.50. The van der Waals surface area contributed by atoms with Crippen molar-refractivity contribution in [2.75, 3.05) is 0 Å². The maximum absolute atomic E-state index is 12.5. The van der Waals surface area contributed by atoms with Crippen LogP contribution in [0, 0.1) is 23.7 Å². The molecule has 0 aliphatic heterocycles. The van der Waals surface area contributed by atoms with E-state index >= 15 is 0 Å². The van der Waals surface area contributed by atoms with Crippen LogP contribution in [0.1, 0.15) is 72.6 Å². The second kappa shape index (κ2) is 7.18. The molecule has 0 radical (unpaired) electrons. The lowest BCUT2D eigenvalue weighted by Crippen LogP contribution is -2.30. The van der Waals surface area contributed by atoms with Gasteiger partial charge in [0.25, 0.3) is 0 Å². The first kappa shape index (κ1) is 14.7. The number of hydrogen-bond donors (Lipinski definition) is 0. The third-order valence-electron chi connectivity index (χ3n) is 4.80. The average molecular weight is 238 g/mol. The van der Waals surface area contributed by atoms with Crippen LogP contribution in [0.15, 0.2) is 0 Å². The predicted octanol–water partition coefficient (Wildman–Crippen LogP) is 4.84. The van der Waals surface area contributed by atoms with Gasteiger partial charge in [0.05, 0.1) is 0 Å². The van der Waals surface area contributed by atoms with Crippen LogP contribution in [0.25, 0.3) is 0 Å². The summed E-state index contributed by atoms with van der Waals surface area (Å²) in [6.45, 7) is 9.03. The molecule has 1 aliphatic carbocycles. The molecule has 1 saturated carbocycles. The van der Waals surface area contributed by atoms with Gasteiger partial charge in [0.2, 0.25) is 0 Å². The second-order valence-electron chi connectivity index (χ2n) is 6.11. The smallest absolute Gasteiger partial charge is 0.139 e. The number of rotatable bonds is 6. The third kappa shape index (κ3) is 4.12. The van der Waals surface area contributed by atoms with Gasteiger partial charge in [-0.15, -0.1) is 0 Å². The molecule has 0 aromatic carbocycles. The number of hydrogen-bond acceptors (Lipinski definition) is 1. The number of Topliss-reactive ketones (excluding diaryl/α,β-unsaturated/α-hetero) is 1. The van der Waals surface area contributed by atoms with Gasteiger partial charge in [0, 0.05) is 11.8 Å². The molecule has 0 saturated heterocycles. The largest absolute Gasteiger partial charge is 0.299 e. The van der Waals surface area contributed by atoms with Gasteiger partial charge in [-0.1, -0.05) is 40.5 Å². The number of carbonyl (C=O) groups is 1. The number of carbonyl (C=O) groups excluding carboxylic acids is 1. The molecule has 1 heteroatoms. The number of unbranched alkanes of at least 4 members (excludes halogenated alkanes) is 1. The molecule has 17 heavy (non-hydrogen) atoms. The zero-order valence-electron chi connectivity index (χ0n) is 12.2. The molecule has 1 rings (SSSR count). The van der Waals surface area contributed by atoms with Gasteiger partial charge in [-0.05, 0) is 43.9 Å². The Hall–Kier alpha value is -0.330. The predicted molar refractivity (Wildman–Crippen MR) is 74.0 cm³/mol. The summed E-state index contributed by atoms with van der Waals surface area (Å²) >= 11 is 0. The van der Waals surface area contributed by atoms with Crippen molar-refractivity contribution < 1.29 is 4.79 Å². The fourth-order valence-corrected chi connectivity index (χ4v) is 3.14. The molecule has 0 aromatic rings. The Labute approximate surface area is 107 Å². The van der Waals surface area contributed by atoms with Gasteiger partial charge in [-0.3, -0.25) is 4.79 Å². The molecule has 0 amide bonds. The van der Waals surface area contributed by atoms with Gasteiger partial charge < -0.3 is 0 Å². The first-order chi connectivity index (χ1) is 8.10. The normalized spacial score (nSPS) is 31.2. The first-order valence-corrected chi connectivity index (χ1v) is 7.63. The van der Waals surface area contributed by atoms with Crippen LogP contribution in [-0.4, -0.2) is 5.78 Å². The summed E-state index contributed by atoms with van der Waals surface area (Å²) in [4.78, 5) is 12.5. The molecule has 1 fully saturated rings. The molecule has 1 aliphatic rings. The zero-order valence-corrected chi connectivity index (χ0v) is 12.2. The average Bonchev–Trinajstić information content (AvgIpc) is 2.33. The van der Waals surface area contributed by atoms with Crippen molar-refractivity contribution in [3.8, 4) is 0 Å². The monoisotopic (exact) mass is 238 g/mol. The van der Waals surface area contributed by atoms with Crippen molar-refractivity contribution in [3.05, 3.63) is 0 Å². The van der Waals surface area contributed by atoms with E-state index in [0.717, 1.165) is 37.5 Å². The minimum atomic E-state index is 0.348. The van der Waals surface area contributed by atoms with Crippen molar-refractivity contribution in [2.45, 2.75) is 72.6 Å². The van der Waals surface area contributed by atoms with Crippen molar-refractivity contribution in [1.82, 2.24) is 0 Å². The summed E-state index contributed by atoms with van der Waals surface area (Å²) < 4.78 is 0. The van der Waals surface area contributed by atoms with Crippen LogP contribution in [0.3, 0.4) is 0 Å². The minimum Gasteiger partial charge on any atom is -0.299 e. The summed E-state index contributed by atoms with van der Waals surface area (Å²) in [6, 6.07) is 0.